The molecule has 0 aliphatic heterocycles. The van der Waals surface area contributed by atoms with Crippen LogP contribution >= 0.6 is 23.2 Å². The SMILES string of the molecule is Cc1c(C=NNC(=O)c2cc(-c3ccc(Cl)c(Cl)c3)nc3ccccc23)cnn1C. The van der Waals surface area contributed by atoms with Gasteiger partial charge in [-0.1, -0.05) is 47.5 Å². The second kappa shape index (κ2) is 8.26. The first-order valence-electron chi connectivity index (χ1n) is 9.11. The zero-order valence-corrected chi connectivity index (χ0v) is 17.7. The van der Waals surface area contributed by atoms with Crippen molar-refractivity contribution >= 4 is 46.2 Å². The van der Waals surface area contributed by atoms with Crippen molar-refractivity contribution in [1.82, 2.24) is 20.2 Å². The Hall–Kier alpha value is -3.22. The number of hydrogen-bond donors (Lipinski definition) is 1. The van der Waals surface area contributed by atoms with Crippen molar-refractivity contribution in [3.05, 3.63) is 81.6 Å². The van der Waals surface area contributed by atoms with Gasteiger partial charge < -0.3 is 0 Å². The third-order valence-corrected chi connectivity index (χ3v) is 5.56. The molecule has 4 rings (SSSR count). The van der Waals surface area contributed by atoms with Gasteiger partial charge in [-0.15, -0.1) is 0 Å². The van der Waals surface area contributed by atoms with Crippen molar-refractivity contribution in [3.63, 3.8) is 0 Å². The van der Waals surface area contributed by atoms with Gasteiger partial charge >= 0.3 is 0 Å². The number of para-hydroxylation sites is 1. The second-order valence-electron chi connectivity index (χ2n) is 6.71. The van der Waals surface area contributed by atoms with Gasteiger partial charge in [-0.25, -0.2) is 10.4 Å². The van der Waals surface area contributed by atoms with Crippen LogP contribution in [0.5, 0.6) is 0 Å². The van der Waals surface area contributed by atoms with Gasteiger partial charge in [0.1, 0.15) is 0 Å². The summed E-state index contributed by atoms with van der Waals surface area (Å²) in [6.07, 6.45) is 3.26. The van der Waals surface area contributed by atoms with Crippen LogP contribution in [-0.4, -0.2) is 26.9 Å². The Kier molecular flexibility index (Phi) is 5.53. The summed E-state index contributed by atoms with van der Waals surface area (Å²) in [5, 5.41) is 9.85. The van der Waals surface area contributed by atoms with Crippen molar-refractivity contribution in [2.24, 2.45) is 12.1 Å². The molecule has 150 valence electrons. The van der Waals surface area contributed by atoms with Crippen LogP contribution in [0.15, 0.2) is 59.8 Å². The Morgan fingerprint density at radius 3 is 2.67 bits per heavy atom. The van der Waals surface area contributed by atoms with Crippen molar-refractivity contribution in [2.75, 3.05) is 0 Å². The Morgan fingerprint density at radius 2 is 1.93 bits per heavy atom. The van der Waals surface area contributed by atoms with Gasteiger partial charge in [-0.3, -0.25) is 9.48 Å². The first kappa shape index (κ1) is 20.1. The molecule has 0 unspecified atom stereocenters. The van der Waals surface area contributed by atoms with Crippen LogP contribution in [0.4, 0.5) is 0 Å². The number of hydrogen-bond acceptors (Lipinski definition) is 4. The summed E-state index contributed by atoms with van der Waals surface area (Å²) in [6.45, 7) is 1.93. The highest BCUT2D eigenvalue weighted by Gasteiger charge is 2.14. The third-order valence-electron chi connectivity index (χ3n) is 4.82. The van der Waals surface area contributed by atoms with Gasteiger partial charge in [0.2, 0.25) is 0 Å². The lowest BCUT2D eigenvalue weighted by atomic mass is 10.0. The van der Waals surface area contributed by atoms with E-state index in [-0.39, 0.29) is 5.91 Å². The Morgan fingerprint density at radius 1 is 1.13 bits per heavy atom. The van der Waals surface area contributed by atoms with E-state index in [0.717, 1.165) is 22.2 Å². The molecule has 2 aromatic carbocycles. The van der Waals surface area contributed by atoms with Crippen LogP contribution in [-0.2, 0) is 7.05 Å². The summed E-state index contributed by atoms with van der Waals surface area (Å²) in [7, 11) is 1.85. The zero-order chi connectivity index (χ0) is 21.3. The minimum atomic E-state index is -0.340. The lowest BCUT2D eigenvalue weighted by Gasteiger charge is -2.09. The summed E-state index contributed by atoms with van der Waals surface area (Å²) in [5.74, 6) is -0.340. The first-order chi connectivity index (χ1) is 14.4. The maximum Gasteiger partial charge on any atom is 0.272 e. The second-order valence-corrected chi connectivity index (χ2v) is 7.52. The molecule has 0 radical (unpaired) electrons. The molecule has 2 aromatic heterocycles. The number of fused-ring (bicyclic) bond motifs is 1. The standard InChI is InChI=1S/C22H17Cl2N5O/c1-13-15(12-26-29(13)2)11-25-28-22(30)17-10-21(14-7-8-18(23)19(24)9-14)27-20-6-4-3-5-16(17)20/h3-12H,1-2H3,(H,28,30). The number of aryl methyl sites for hydroxylation is 1. The van der Waals surface area contributed by atoms with Crippen LogP contribution in [0.3, 0.4) is 0 Å². The molecule has 2 heterocycles. The summed E-state index contributed by atoms with van der Waals surface area (Å²) in [5.41, 5.74) is 6.90. The maximum atomic E-state index is 12.9. The molecule has 1 N–H and O–H groups in total. The van der Waals surface area contributed by atoms with Crippen LogP contribution in [0.2, 0.25) is 10.0 Å². The average molecular weight is 438 g/mol. The number of amides is 1. The number of nitrogens with one attached hydrogen (secondary N) is 1. The van der Waals surface area contributed by atoms with E-state index in [1.165, 1.54) is 0 Å². The number of pyridine rings is 1. The minimum Gasteiger partial charge on any atom is -0.272 e. The molecular weight excluding hydrogens is 421 g/mol. The third kappa shape index (κ3) is 3.92. The molecule has 0 aliphatic carbocycles. The number of carbonyl (C=O) groups excluding carboxylic acids is 1. The number of carbonyl (C=O) groups is 1. The summed E-state index contributed by atoms with van der Waals surface area (Å²) in [4.78, 5) is 17.6. The number of aromatic nitrogens is 3. The highest BCUT2D eigenvalue weighted by Crippen LogP contribution is 2.30. The molecule has 0 saturated carbocycles. The Bertz CT molecular complexity index is 1300. The Balaban J connectivity index is 1.70. The average Bonchev–Trinajstić information content (AvgIpc) is 3.07. The van der Waals surface area contributed by atoms with E-state index in [4.69, 9.17) is 23.2 Å². The van der Waals surface area contributed by atoms with E-state index in [9.17, 15) is 4.79 Å². The molecule has 0 fully saturated rings. The van der Waals surface area contributed by atoms with E-state index in [1.807, 2.05) is 44.3 Å². The Labute approximate surface area is 183 Å². The smallest absolute Gasteiger partial charge is 0.272 e. The van der Waals surface area contributed by atoms with E-state index < -0.39 is 0 Å². The number of nitrogens with zero attached hydrogens (tertiary/aromatic N) is 4. The van der Waals surface area contributed by atoms with Gasteiger partial charge in [-0.05, 0) is 31.2 Å². The summed E-state index contributed by atoms with van der Waals surface area (Å²) >= 11 is 12.2. The molecule has 0 bridgehead atoms. The maximum absolute atomic E-state index is 12.9. The number of hydrazone groups is 1. The van der Waals surface area contributed by atoms with Crippen molar-refractivity contribution in [1.29, 1.82) is 0 Å². The van der Waals surface area contributed by atoms with Gasteiger partial charge in [0.05, 0.1) is 39.2 Å². The molecule has 1 amide bonds. The molecule has 4 aromatic rings. The molecule has 30 heavy (non-hydrogen) atoms. The van der Waals surface area contributed by atoms with Crippen LogP contribution < -0.4 is 5.43 Å². The van der Waals surface area contributed by atoms with Crippen LogP contribution in [0, 0.1) is 6.92 Å². The van der Waals surface area contributed by atoms with E-state index >= 15 is 0 Å². The molecule has 0 aliphatic rings. The van der Waals surface area contributed by atoms with Gasteiger partial charge in [-0.2, -0.15) is 10.2 Å². The van der Waals surface area contributed by atoms with Crippen LogP contribution in [0.25, 0.3) is 22.2 Å². The summed E-state index contributed by atoms with van der Waals surface area (Å²) in [6, 6.07) is 14.4. The van der Waals surface area contributed by atoms with Crippen molar-refractivity contribution < 1.29 is 4.79 Å². The van der Waals surface area contributed by atoms with Crippen molar-refractivity contribution in [2.45, 2.75) is 6.92 Å². The van der Waals surface area contributed by atoms with Gasteiger partial charge in [0, 0.05) is 29.3 Å². The van der Waals surface area contributed by atoms with E-state index in [1.54, 1.807) is 35.3 Å². The van der Waals surface area contributed by atoms with Crippen molar-refractivity contribution in [3.8, 4) is 11.3 Å². The molecule has 6 nitrogen and oxygen atoms in total. The molecule has 0 spiro atoms. The quantitative estimate of drug-likeness (QED) is 0.360. The minimum absolute atomic E-state index is 0.340. The first-order valence-corrected chi connectivity index (χ1v) is 9.87. The molecule has 0 saturated heterocycles. The van der Waals surface area contributed by atoms with E-state index in [0.29, 0.717) is 26.8 Å². The number of benzene rings is 2. The van der Waals surface area contributed by atoms with Gasteiger partial charge in [0.15, 0.2) is 0 Å². The molecular formula is C22H17Cl2N5O. The fourth-order valence-corrected chi connectivity index (χ4v) is 3.33. The highest BCUT2D eigenvalue weighted by molar-refractivity contribution is 6.42. The molecule has 8 heteroatoms. The normalized spacial score (nSPS) is 11.3. The van der Waals surface area contributed by atoms with Gasteiger partial charge in [0.25, 0.3) is 5.91 Å². The lowest BCUT2D eigenvalue weighted by molar-refractivity contribution is 0.0956. The summed E-state index contributed by atoms with van der Waals surface area (Å²) < 4.78 is 1.74. The number of halogens is 2. The highest BCUT2D eigenvalue weighted by atomic mass is 35.5. The molecule has 0 atom stereocenters. The largest absolute Gasteiger partial charge is 0.272 e. The lowest BCUT2D eigenvalue weighted by Crippen LogP contribution is -2.18. The topological polar surface area (TPSA) is 72.2 Å². The van der Waals surface area contributed by atoms with E-state index in [2.05, 4.69) is 20.6 Å². The fourth-order valence-electron chi connectivity index (χ4n) is 3.03. The van der Waals surface area contributed by atoms with Crippen LogP contribution in [0.1, 0.15) is 21.6 Å². The fraction of sp³-hybridized carbons (Fsp3) is 0.0909. The predicted molar refractivity (Wildman–Crippen MR) is 120 cm³/mol. The number of rotatable bonds is 4. The predicted octanol–water partition coefficient (Wildman–Crippen LogP) is 5.01. The monoisotopic (exact) mass is 437 g/mol. The zero-order valence-electron chi connectivity index (χ0n) is 16.2.